The smallest absolute Gasteiger partial charge is 0.358 e. The number of rotatable bonds is 16. The Morgan fingerprint density at radius 3 is 2.35 bits per heavy atom. The molecule has 0 aliphatic heterocycles. The summed E-state index contributed by atoms with van der Waals surface area (Å²) in [7, 11) is 0. The number of H-pyrrole nitrogens is 1. The van der Waals surface area contributed by atoms with Crippen molar-refractivity contribution in [1.29, 1.82) is 0 Å². The summed E-state index contributed by atoms with van der Waals surface area (Å²) in [4.78, 5) is 62.3. The Labute approximate surface area is 329 Å². The molecule has 5 amide bonds. The highest BCUT2D eigenvalue weighted by Gasteiger charge is 2.47. The van der Waals surface area contributed by atoms with Crippen molar-refractivity contribution in [2.75, 3.05) is 6.54 Å². The fraction of sp³-hybridized carbons (Fsp3) is 0.452. The monoisotopic (exact) mass is 793 g/mol. The van der Waals surface area contributed by atoms with Crippen molar-refractivity contribution < 1.29 is 36.7 Å². The maximum Gasteiger partial charge on any atom is 0.418 e. The van der Waals surface area contributed by atoms with Crippen LogP contribution in [0.25, 0.3) is 10.9 Å². The number of fused-ring (bicyclic) bond motifs is 3. The van der Waals surface area contributed by atoms with Gasteiger partial charge >= 0.3 is 12.2 Å². The number of aromatic amines is 1. The van der Waals surface area contributed by atoms with Gasteiger partial charge in [-0.15, -0.1) is 0 Å². The molecule has 1 aliphatic carbocycles. The van der Waals surface area contributed by atoms with E-state index in [2.05, 4.69) is 36.6 Å². The lowest BCUT2D eigenvalue weighted by Gasteiger charge is -2.40. The number of para-hydroxylation sites is 1. The van der Waals surface area contributed by atoms with E-state index in [4.69, 9.17) is 0 Å². The predicted molar refractivity (Wildman–Crippen MR) is 208 cm³/mol. The van der Waals surface area contributed by atoms with Crippen LogP contribution in [0.2, 0.25) is 0 Å². The highest BCUT2D eigenvalue weighted by atomic mass is 19.4. The zero-order valence-corrected chi connectivity index (χ0v) is 32.6. The van der Waals surface area contributed by atoms with Crippen LogP contribution < -0.4 is 26.6 Å². The third-order valence-electron chi connectivity index (χ3n) is 11.0. The number of pyridine rings is 1. The molecule has 4 aromatic rings. The second-order valence-corrected chi connectivity index (χ2v) is 15.0. The fourth-order valence-electron chi connectivity index (χ4n) is 7.43. The fourth-order valence-corrected chi connectivity index (χ4v) is 7.43. The molecule has 0 saturated heterocycles. The van der Waals surface area contributed by atoms with Crippen LogP contribution >= 0.6 is 0 Å². The molecule has 0 bridgehead atoms. The van der Waals surface area contributed by atoms with Crippen molar-refractivity contribution in [2.24, 2.45) is 11.8 Å². The molecule has 2 heterocycles. The van der Waals surface area contributed by atoms with Crippen LogP contribution in [0.15, 0.2) is 67.0 Å². The van der Waals surface area contributed by atoms with Crippen molar-refractivity contribution >= 4 is 34.7 Å². The van der Waals surface area contributed by atoms with Crippen molar-refractivity contribution in [3.05, 3.63) is 101 Å². The van der Waals surface area contributed by atoms with Crippen LogP contribution in [0.5, 0.6) is 0 Å². The number of nitrogens with zero attached hydrogens (tertiary/aromatic N) is 1. The summed E-state index contributed by atoms with van der Waals surface area (Å²) in [6.45, 7) is 7.85. The third-order valence-corrected chi connectivity index (χ3v) is 11.0. The minimum absolute atomic E-state index is 0.0247. The first kappa shape index (κ1) is 42.7. The van der Waals surface area contributed by atoms with Gasteiger partial charge in [-0.1, -0.05) is 70.9 Å². The molecule has 0 saturated carbocycles. The van der Waals surface area contributed by atoms with Gasteiger partial charge in [-0.3, -0.25) is 19.4 Å². The first-order chi connectivity index (χ1) is 27.2. The van der Waals surface area contributed by atoms with E-state index >= 15 is 0 Å². The van der Waals surface area contributed by atoms with E-state index in [1.807, 2.05) is 20.8 Å². The molecule has 0 fully saturated rings. The van der Waals surface area contributed by atoms with E-state index < -0.39 is 64.9 Å². The van der Waals surface area contributed by atoms with Crippen LogP contribution in [0.3, 0.4) is 0 Å². The van der Waals surface area contributed by atoms with Gasteiger partial charge in [-0.25, -0.2) is 9.18 Å². The van der Waals surface area contributed by atoms with Crippen LogP contribution in [-0.4, -0.2) is 57.9 Å². The molecule has 0 spiro atoms. The molecule has 2 aromatic heterocycles. The van der Waals surface area contributed by atoms with Gasteiger partial charge in [-0.2, -0.15) is 13.2 Å². The molecule has 15 heteroatoms. The first-order valence-electron chi connectivity index (χ1n) is 19.4. The zero-order chi connectivity index (χ0) is 41.3. The molecular formula is C42H51F4N7O4. The standard InChI is InChI=1S/C42H51F4N7O4/c1-5-10-26(4)34(24-49-40(57)48-23-27-16-19-47-20-17-27)51-39(56)41(18-15-33-30(22-41)29-12-9-13-31(37(29)50-33)42(44,45)46)53-38(55)36(25(3)6-2)52-35(54)21-28-11-7-8-14-32(28)43/h7-9,11-14,16-17,19-20,25-26,34,36,50H,5-6,10,15,18,21-24H2,1-4H3,(H,51,56)(H,52,54)(H,53,55)(H2,48,49,57)/t25?,26?,34-,36+,41-/m1/s1. The predicted octanol–water partition coefficient (Wildman–Crippen LogP) is 6.26. The number of benzene rings is 2. The number of carbonyl (C=O) groups excluding carboxylic acids is 4. The van der Waals surface area contributed by atoms with E-state index in [1.165, 1.54) is 24.3 Å². The minimum atomic E-state index is -4.64. The van der Waals surface area contributed by atoms with Crippen molar-refractivity contribution in [2.45, 2.75) is 103 Å². The average Bonchev–Trinajstić information content (AvgIpc) is 3.56. The molecule has 2 unspecified atom stereocenters. The van der Waals surface area contributed by atoms with E-state index in [9.17, 15) is 36.7 Å². The second kappa shape index (κ2) is 18.6. The van der Waals surface area contributed by atoms with E-state index in [0.717, 1.165) is 18.1 Å². The van der Waals surface area contributed by atoms with Crippen LogP contribution in [0, 0.1) is 17.7 Å². The zero-order valence-electron chi connectivity index (χ0n) is 32.6. The number of urea groups is 1. The molecule has 11 nitrogen and oxygen atoms in total. The third kappa shape index (κ3) is 10.5. The molecule has 5 atom stereocenters. The molecule has 6 N–H and O–H groups in total. The first-order valence-corrected chi connectivity index (χ1v) is 19.4. The summed E-state index contributed by atoms with van der Waals surface area (Å²) < 4.78 is 56.8. The quantitative estimate of drug-likeness (QED) is 0.0740. The maximum absolute atomic E-state index is 14.8. The number of aromatic nitrogens is 2. The second-order valence-electron chi connectivity index (χ2n) is 15.0. The molecule has 306 valence electrons. The number of carbonyl (C=O) groups is 4. The number of hydrogen-bond acceptors (Lipinski definition) is 5. The summed E-state index contributed by atoms with van der Waals surface area (Å²) in [6.07, 6.45) is 0.234. The maximum atomic E-state index is 14.8. The van der Waals surface area contributed by atoms with Crippen molar-refractivity contribution in [1.82, 2.24) is 36.6 Å². The molecule has 57 heavy (non-hydrogen) atoms. The number of aryl methyl sites for hydroxylation is 1. The number of alkyl halides is 3. The van der Waals surface area contributed by atoms with Gasteiger partial charge < -0.3 is 31.6 Å². The van der Waals surface area contributed by atoms with Gasteiger partial charge in [0.25, 0.3) is 0 Å². The lowest BCUT2D eigenvalue weighted by atomic mass is 9.78. The van der Waals surface area contributed by atoms with Crippen LogP contribution in [0.4, 0.5) is 22.4 Å². The molecular weight excluding hydrogens is 742 g/mol. The summed E-state index contributed by atoms with van der Waals surface area (Å²) >= 11 is 0. The normalized spacial score (nSPS) is 17.4. The number of amides is 5. The molecule has 5 rings (SSSR count). The lowest BCUT2D eigenvalue weighted by Crippen LogP contribution is -2.67. The Balaban J connectivity index is 1.45. The SMILES string of the molecule is CCCC(C)[C@@H](CNC(=O)NCc1ccncc1)NC(=O)[C@@]1(NC(=O)[C@@H](NC(=O)Cc2ccccc2F)C(C)CC)CCc2[nH]c3c(C(F)(F)F)cccc3c2C1. The topological polar surface area (TPSA) is 157 Å². The van der Waals surface area contributed by atoms with Gasteiger partial charge in [0.15, 0.2) is 0 Å². The van der Waals surface area contributed by atoms with Gasteiger partial charge in [0.1, 0.15) is 17.4 Å². The Morgan fingerprint density at radius 2 is 1.67 bits per heavy atom. The van der Waals surface area contributed by atoms with E-state index in [1.54, 1.807) is 43.6 Å². The molecule has 0 radical (unpaired) electrons. The van der Waals surface area contributed by atoms with Crippen LogP contribution in [-0.2, 0) is 46.4 Å². The Kier molecular flexibility index (Phi) is 14.0. The van der Waals surface area contributed by atoms with Crippen LogP contribution in [0.1, 0.15) is 81.3 Å². The lowest BCUT2D eigenvalue weighted by molar-refractivity contribution is -0.137. The van der Waals surface area contributed by atoms with E-state index in [-0.39, 0.29) is 61.2 Å². The summed E-state index contributed by atoms with van der Waals surface area (Å²) in [6, 6.07) is 11.1. The molecule has 1 aliphatic rings. The highest BCUT2D eigenvalue weighted by molar-refractivity contribution is 5.97. The average molecular weight is 794 g/mol. The van der Waals surface area contributed by atoms with Crippen molar-refractivity contribution in [3.8, 4) is 0 Å². The van der Waals surface area contributed by atoms with Gasteiger partial charge in [-0.05, 0) is 72.1 Å². The highest BCUT2D eigenvalue weighted by Crippen LogP contribution is 2.40. The number of halogens is 4. The largest absolute Gasteiger partial charge is 0.418 e. The van der Waals surface area contributed by atoms with Crippen molar-refractivity contribution in [3.63, 3.8) is 0 Å². The Bertz CT molecular complexity index is 2040. The Hall–Kier alpha value is -5.47. The summed E-state index contributed by atoms with van der Waals surface area (Å²) in [5.41, 5.74) is -0.622. The summed E-state index contributed by atoms with van der Waals surface area (Å²) in [5, 5.41) is 14.7. The van der Waals surface area contributed by atoms with Gasteiger partial charge in [0.05, 0.1) is 17.5 Å². The molecule has 2 aromatic carbocycles. The van der Waals surface area contributed by atoms with Gasteiger partial charge in [0.2, 0.25) is 17.7 Å². The van der Waals surface area contributed by atoms with E-state index in [0.29, 0.717) is 24.1 Å². The van der Waals surface area contributed by atoms with Gasteiger partial charge in [0, 0.05) is 49.0 Å². The number of hydrogen-bond donors (Lipinski definition) is 6. The number of nitrogens with one attached hydrogen (secondary N) is 6. The summed E-state index contributed by atoms with van der Waals surface area (Å²) in [5.74, 6) is -2.93. The Morgan fingerprint density at radius 1 is 0.930 bits per heavy atom. The minimum Gasteiger partial charge on any atom is -0.358 e.